The molecule has 8 bridgehead atoms. The van der Waals surface area contributed by atoms with E-state index in [9.17, 15) is 4.79 Å². The fourth-order valence-corrected chi connectivity index (χ4v) is 7.49. The Morgan fingerprint density at radius 3 is 1.08 bits per heavy atom. The number of hydrogen-bond acceptors (Lipinski definition) is 7. The van der Waals surface area contributed by atoms with Gasteiger partial charge >= 0.3 is 17.1 Å². The van der Waals surface area contributed by atoms with Gasteiger partial charge in [-0.25, -0.2) is 9.97 Å². The molecule has 9 rings (SSSR count). The van der Waals surface area contributed by atoms with Gasteiger partial charge in [0.15, 0.2) is 0 Å². The number of nitrogens with zero attached hydrogens (tertiary/aromatic N) is 4. The van der Waals surface area contributed by atoms with Gasteiger partial charge in [-0.2, -0.15) is 0 Å². The predicted molar refractivity (Wildman–Crippen MR) is 230 cm³/mol. The van der Waals surface area contributed by atoms with Crippen molar-refractivity contribution in [3.63, 3.8) is 0 Å². The summed E-state index contributed by atoms with van der Waals surface area (Å²) < 4.78 is 22.0. The molecular formula is C49H36CuN4O5. The maximum atomic E-state index is 13.1. The molecule has 0 unspecified atom stereocenters. The van der Waals surface area contributed by atoms with Crippen molar-refractivity contribution in [1.82, 2.24) is 19.9 Å². The Labute approximate surface area is 351 Å². The molecule has 5 heterocycles. The van der Waals surface area contributed by atoms with Crippen LogP contribution in [0.3, 0.4) is 0 Å². The van der Waals surface area contributed by atoms with Crippen LogP contribution in [-0.2, 0) is 17.1 Å². The summed E-state index contributed by atoms with van der Waals surface area (Å²) in [7, 11) is 6.57. The summed E-state index contributed by atoms with van der Waals surface area (Å²) >= 11 is 0. The van der Waals surface area contributed by atoms with E-state index in [0.29, 0.717) is 50.7 Å². The molecule has 3 aromatic heterocycles. The molecule has 0 amide bonds. The van der Waals surface area contributed by atoms with E-state index in [1.54, 1.807) is 28.4 Å². The third-order valence-electron chi connectivity index (χ3n) is 10.4. The minimum Gasteiger partial charge on any atom is -0.657 e. The summed E-state index contributed by atoms with van der Waals surface area (Å²) in [5.74, 6) is 2.89. The van der Waals surface area contributed by atoms with E-state index in [0.717, 1.165) is 73.5 Å². The van der Waals surface area contributed by atoms with Gasteiger partial charge in [0, 0.05) is 0 Å². The third kappa shape index (κ3) is 7.20. The number of aldehydes is 1. The molecule has 10 heteroatoms. The minimum absolute atomic E-state index is 0. The van der Waals surface area contributed by atoms with E-state index in [4.69, 9.17) is 38.9 Å². The molecule has 9 nitrogen and oxygen atoms in total. The Kier molecular flexibility index (Phi) is 10.8. The van der Waals surface area contributed by atoms with Gasteiger partial charge in [0.2, 0.25) is 0 Å². The van der Waals surface area contributed by atoms with Crippen LogP contribution in [0.5, 0.6) is 23.0 Å². The molecule has 0 spiro atoms. The van der Waals surface area contributed by atoms with Crippen molar-refractivity contribution in [3.8, 4) is 67.5 Å². The van der Waals surface area contributed by atoms with Crippen LogP contribution in [0, 0.1) is 0 Å². The molecule has 7 aromatic rings. The predicted octanol–water partition coefficient (Wildman–Crippen LogP) is 10.4. The topological polar surface area (TPSA) is 108 Å². The van der Waals surface area contributed by atoms with Gasteiger partial charge in [0.1, 0.15) is 29.3 Å². The van der Waals surface area contributed by atoms with Crippen LogP contribution in [0.2, 0.25) is 0 Å². The molecule has 0 aliphatic carbocycles. The van der Waals surface area contributed by atoms with Gasteiger partial charge < -0.3 is 28.9 Å². The van der Waals surface area contributed by atoms with Crippen LogP contribution in [0.25, 0.3) is 90.9 Å². The van der Waals surface area contributed by atoms with E-state index in [-0.39, 0.29) is 17.1 Å². The molecule has 0 atom stereocenters. The van der Waals surface area contributed by atoms with E-state index in [2.05, 4.69) is 0 Å². The van der Waals surface area contributed by atoms with Crippen LogP contribution >= 0.6 is 0 Å². The molecule has 1 radical (unpaired) electrons. The summed E-state index contributed by atoms with van der Waals surface area (Å²) in [6.07, 6.45) is 8.80. The summed E-state index contributed by atoms with van der Waals surface area (Å²) in [4.78, 5) is 34.3. The van der Waals surface area contributed by atoms with Gasteiger partial charge in [0.05, 0.1) is 51.2 Å². The average Bonchev–Trinajstić information content (AvgIpc) is 4.12. The first-order valence-electron chi connectivity index (χ1n) is 18.6. The molecule has 293 valence electrons. The SMILES string of the molecule is COc1ccc(-c2c3nc(c(-c4ccc(OC)cc4)c4cc(C=O)c([n-]4)c(-c4ccc(OC)cc4)c4nc(c(-c5ccc(OC)cc5)c5ccc2[n-]5)C=C4)C=C3)cc1.[Cu+2]. The Balaban J connectivity index is 0.00000484. The van der Waals surface area contributed by atoms with Crippen LogP contribution < -0.4 is 28.9 Å². The van der Waals surface area contributed by atoms with Crippen molar-refractivity contribution >= 4 is 52.7 Å². The zero-order valence-corrected chi connectivity index (χ0v) is 33.4. The Morgan fingerprint density at radius 1 is 0.424 bits per heavy atom. The molecule has 0 saturated heterocycles. The largest absolute Gasteiger partial charge is 2.00 e. The first kappa shape index (κ1) is 38.7. The second-order valence-corrected chi connectivity index (χ2v) is 13.6. The minimum atomic E-state index is 0. The smallest absolute Gasteiger partial charge is 0.657 e. The van der Waals surface area contributed by atoms with Crippen molar-refractivity contribution in [2.75, 3.05) is 28.4 Å². The quantitative estimate of drug-likeness (QED) is 0.104. The molecule has 4 aromatic carbocycles. The number of ether oxygens (including phenoxy) is 4. The summed E-state index contributed by atoms with van der Waals surface area (Å²) in [5, 5.41) is 0. The number of carbonyl (C=O) groups is 1. The Hall–Kier alpha value is -7.13. The van der Waals surface area contributed by atoms with E-state index in [1.807, 2.05) is 140 Å². The van der Waals surface area contributed by atoms with Crippen LogP contribution in [0.4, 0.5) is 0 Å². The fraction of sp³-hybridized carbons (Fsp3) is 0.0816. The zero-order valence-electron chi connectivity index (χ0n) is 32.5. The number of rotatable bonds is 9. The molecule has 59 heavy (non-hydrogen) atoms. The zero-order chi connectivity index (χ0) is 39.8. The Morgan fingerprint density at radius 2 is 0.746 bits per heavy atom. The average molecular weight is 824 g/mol. The number of carbonyl (C=O) groups excluding carboxylic acids is 1. The van der Waals surface area contributed by atoms with Crippen molar-refractivity contribution in [2.24, 2.45) is 0 Å². The van der Waals surface area contributed by atoms with Crippen LogP contribution in [-0.4, -0.2) is 44.7 Å². The van der Waals surface area contributed by atoms with E-state index < -0.39 is 0 Å². The number of aromatic nitrogens is 4. The molecule has 0 fully saturated rings. The second-order valence-electron chi connectivity index (χ2n) is 13.6. The second kappa shape index (κ2) is 16.4. The number of methoxy groups -OCH3 is 4. The van der Waals surface area contributed by atoms with Gasteiger partial charge in [0.25, 0.3) is 0 Å². The van der Waals surface area contributed by atoms with Gasteiger partial charge in [-0.3, -0.25) is 4.79 Å². The normalized spacial score (nSPS) is 11.5. The van der Waals surface area contributed by atoms with Gasteiger partial charge in [-0.15, -0.1) is 22.1 Å². The fourth-order valence-electron chi connectivity index (χ4n) is 7.49. The number of benzene rings is 4. The molecule has 2 aliphatic heterocycles. The third-order valence-corrected chi connectivity index (χ3v) is 10.4. The first-order chi connectivity index (χ1) is 28.5. The Bertz CT molecular complexity index is 2930. The first-order valence-corrected chi connectivity index (χ1v) is 18.6. The van der Waals surface area contributed by atoms with Gasteiger partial charge in [-0.05, 0) is 123 Å². The maximum absolute atomic E-state index is 13.1. The van der Waals surface area contributed by atoms with E-state index in [1.165, 1.54) is 0 Å². The number of hydrogen-bond donors (Lipinski definition) is 0. The monoisotopic (exact) mass is 823 g/mol. The van der Waals surface area contributed by atoms with Crippen molar-refractivity contribution < 1.29 is 40.8 Å². The molecule has 0 N–H and O–H groups in total. The van der Waals surface area contributed by atoms with E-state index >= 15 is 0 Å². The summed E-state index contributed by atoms with van der Waals surface area (Å²) in [6.45, 7) is 0. The molecular weight excluding hydrogens is 788 g/mol. The van der Waals surface area contributed by atoms with Crippen molar-refractivity contribution in [1.29, 1.82) is 0 Å². The molecule has 0 saturated carbocycles. The maximum Gasteiger partial charge on any atom is 2.00 e. The standard InChI is InChI=1S/C49H37N4O5.Cu/c1-55-34-13-5-29(6-14-34)45-38-21-22-39(50-38)46(30-7-15-35(56-2)16-8-30)41-25-26-43(52-41)48(32-11-19-37(58-4)20-12-32)49-33(28-54)27-44(53-49)47(42-24-23-40(45)51-42)31-9-17-36(57-3)18-10-31;/h5-28H,1-4H3,(H-,50,51,52,53,54);/q-1;+2/p-1. The summed E-state index contributed by atoms with van der Waals surface area (Å²) in [6, 6.07) is 37.1. The summed E-state index contributed by atoms with van der Waals surface area (Å²) in [5.41, 5.74) is 12.3. The van der Waals surface area contributed by atoms with Crippen molar-refractivity contribution in [3.05, 3.63) is 144 Å². The van der Waals surface area contributed by atoms with Crippen LogP contribution in [0.15, 0.2) is 115 Å². The van der Waals surface area contributed by atoms with Crippen molar-refractivity contribution in [2.45, 2.75) is 0 Å². The number of fused-ring (bicyclic) bond motifs is 8. The molecule has 2 aliphatic rings. The van der Waals surface area contributed by atoms with Crippen LogP contribution in [0.1, 0.15) is 33.1 Å². The van der Waals surface area contributed by atoms with Gasteiger partial charge in [-0.1, -0.05) is 66.7 Å².